The van der Waals surface area contributed by atoms with Crippen LogP contribution in [0.2, 0.25) is 0 Å². The predicted octanol–water partition coefficient (Wildman–Crippen LogP) is 3.44. The van der Waals surface area contributed by atoms with E-state index in [1.165, 1.54) is 17.8 Å². The minimum absolute atomic E-state index is 0.130. The van der Waals surface area contributed by atoms with Crippen LogP contribution >= 0.6 is 0 Å². The van der Waals surface area contributed by atoms with Crippen LogP contribution < -0.4 is 5.73 Å². The molecule has 134 valence electrons. The lowest BCUT2D eigenvalue weighted by atomic mass is 10.1. The molecule has 0 spiro atoms. The highest BCUT2D eigenvalue weighted by molar-refractivity contribution is 7.85. The molecule has 0 radical (unpaired) electrons. The largest absolute Gasteiger partial charge is 0.333 e. The van der Waals surface area contributed by atoms with Gasteiger partial charge in [0.05, 0.1) is 5.75 Å². The highest BCUT2D eigenvalue weighted by Gasteiger charge is 2.04. The maximum absolute atomic E-state index is 10.7. The third-order valence-corrected chi connectivity index (χ3v) is 3.97. The molecule has 6 heteroatoms. The molecule has 24 heavy (non-hydrogen) atoms. The second-order valence-electron chi connectivity index (χ2n) is 4.98. The van der Waals surface area contributed by atoms with Gasteiger partial charge >= 0.3 is 0 Å². The summed E-state index contributed by atoms with van der Waals surface area (Å²) >= 11 is 0. The molecule has 0 heterocycles. The molecular weight excluding hydrogens is 326 g/mol. The molecule has 2 rings (SSSR count). The molecule has 0 saturated carbocycles. The molecule has 0 unspecified atom stereocenters. The van der Waals surface area contributed by atoms with Gasteiger partial charge in [0.25, 0.3) is 10.1 Å². The van der Waals surface area contributed by atoms with Crippen molar-refractivity contribution >= 4 is 26.7 Å². The number of ketones is 1. The number of Topliss-reactive ketones (excluding diaryl/α,β-unsaturated/α-hetero) is 1. The SMILES string of the molecule is CCC(=O)CCCCS(=O)(=O)O.CN.c1ccc2ccccc2c1. The van der Waals surface area contributed by atoms with Gasteiger partial charge in [-0.1, -0.05) is 55.5 Å². The number of carbonyl (C=O) groups excluding carboxylic acids is 1. The van der Waals surface area contributed by atoms with Crippen LogP contribution in [-0.4, -0.2) is 31.6 Å². The standard InChI is InChI=1S/C10H8.C7H14O4S.CH5N/c1-2-6-10-8-4-3-7-9(10)5-1;1-2-7(8)5-3-4-6-12(9,10)11;1-2/h1-8H;2-6H2,1H3,(H,9,10,11);2H2,1H3. The molecule has 0 aliphatic carbocycles. The van der Waals surface area contributed by atoms with Gasteiger partial charge in [0.2, 0.25) is 0 Å². The maximum Gasteiger partial charge on any atom is 0.264 e. The van der Waals surface area contributed by atoms with Crippen molar-refractivity contribution in [3.8, 4) is 0 Å². The molecular formula is C18H27NO4S. The first-order chi connectivity index (χ1) is 11.4. The average Bonchev–Trinajstić information content (AvgIpc) is 2.60. The van der Waals surface area contributed by atoms with Crippen molar-refractivity contribution < 1.29 is 17.8 Å². The smallest absolute Gasteiger partial charge is 0.264 e. The number of benzene rings is 2. The Morgan fingerprint density at radius 1 is 0.958 bits per heavy atom. The Bertz CT molecular complexity index is 633. The molecule has 0 bridgehead atoms. The van der Waals surface area contributed by atoms with Crippen molar-refractivity contribution in [3.63, 3.8) is 0 Å². The number of fused-ring (bicyclic) bond motifs is 1. The molecule has 0 amide bonds. The van der Waals surface area contributed by atoms with Crippen LogP contribution in [0.1, 0.15) is 32.6 Å². The minimum Gasteiger partial charge on any atom is -0.333 e. The van der Waals surface area contributed by atoms with Gasteiger partial charge in [-0.3, -0.25) is 9.35 Å². The van der Waals surface area contributed by atoms with E-state index in [9.17, 15) is 13.2 Å². The fourth-order valence-corrected chi connectivity index (χ4v) is 2.49. The summed E-state index contributed by atoms with van der Waals surface area (Å²) in [5, 5.41) is 2.62. The van der Waals surface area contributed by atoms with Crippen molar-refractivity contribution in [1.82, 2.24) is 0 Å². The minimum atomic E-state index is -3.84. The summed E-state index contributed by atoms with van der Waals surface area (Å²) in [5.41, 5.74) is 4.50. The van der Waals surface area contributed by atoms with Crippen LogP contribution in [-0.2, 0) is 14.9 Å². The fourth-order valence-electron chi connectivity index (χ4n) is 1.92. The van der Waals surface area contributed by atoms with Gasteiger partial charge in [0.1, 0.15) is 5.78 Å². The molecule has 0 aliphatic heterocycles. The monoisotopic (exact) mass is 353 g/mol. The summed E-state index contributed by atoms with van der Waals surface area (Å²) in [6.45, 7) is 1.77. The topological polar surface area (TPSA) is 97.5 Å². The molecule has 0 fully saturated rings. The molecule has 0 saturated heterocycles. The quantitative estimate of drug-likeness (QED) is 0.612. The summed E-state index contributed by atoms with van der Waals surface area (Å²) in [5.74, 6) is -0.116. The van der Waals surface area contributed by atoms with Crippen molar-refractivity contribution in [2.45, 2.75) is 32.6 Å². The Balaban J connectivity index is 0.000000402. The van der Waals surface area contributed by atoms with Gasteiger partial charge in [-0.25, -0.2) is 0 Å². The molecule has 2 aromatic carbocycles. The summed E-state index contributed by atoms with van der Waals surface area (Å²) in [7, 11) is -2.34. The van der Waals surface area contributed by atoms with Gasteiger partial charge in [-0.15, -0.1) is 0 Å². The summed E-state index contributed by atoms with van der Waals surface area (Å²) in [4.78, 5) is 10.7. The second-order valence-corrected chi connectivity index (χ2v) is 6.55. The van der Waals surface area contributed by atoms with E-state index in [4.69, 9.17) is 4.55 Å². The van der Waals surface area contributed by atoms with Gasteiger partial charge in [-0.2, -0.15) is 8.42 Å². The van der Waals surface area contributed by atoms with Crippen LogP contribution in [0, 0.1) is 0 Å². The van der Waals surface area contributed by atoms with Gasteiger partial charge < -0.3 is 5.73 Å². The first-order valence-electron chi connectivity index (χ1n) is 7.90. The molecule has 5 nitrogen and oxygen atoms in total. The van der Waals surface area contributed by atoms with Crippen LogP contribution in [0.15, 0.2) is 48.5 Å². The van der Waals surface area contributed by atoms with E-state index < -0.39 is 10.1 Å². The molecule has 0 atom stereocenters. The zero-order chi connectivity index (χ0) is 18.4. The Kier molecular flexibility index (Phi) is 11.7. The van der Waals surface area contributed by atoms with Gasteiger partial charge in [0, 0.05) is 12.8 Å². The van der Waals surface area contributed by atoms with Crippen molar-refractivity contribution in [2.75, 3.05) is 12.8 Å². The Labute approximate surface area is 144 Å². The molecule has 0 aliphatic rings. The first-order valence-corrected chi connectivity index (χ1v) is 9.51. The van der Waals surface area contributed by atoms with Crippen LogP contribution in [0.4, 0.5) is 0 Å². The third-order valence-electron chi connectivity index (χ3n) is 3.16. The van der Waals surface area contributed by atoms with Crippen LogP contribution in [0.3, 0.4) is 0 Å². The number of rotatable bonds is 6. The van der Waals surface area contributed by atoms with Gasteiger partial charge in [-0.05, 0) is 30.7 Å². The lowest BCUT2D eigenvalue weighted by molar-refractivity contribution is -0.118. The number of hydrogen-bond acceptors (Lipinski definition) is 4. The number of hydrogen-bond donors (Lipinski definition) is 2. The number of unbranched alkanes of at least 4 members (excludes halogenated alkanes) is 1. The van der Waals surface area contributed by atoms with E-state index in [2.05, 4.69) is 54.3 Å². The van der Waals surface area contributed by atoms with Crippen LogP contribution in [0.5, 0.6) is 0 Å². The lowest BCUT2D eigenvalue weighted by Gasteiger charge is -1.96. The number of nitrogens with two attached hydrogens (primary N) is 1. The normalized spacial score (nSPS) is 10.2. The van der Waals surface area contributed by atoms with E-state index in [1.54, 1.807) is 6.92 Å². The van der Waals surface area contributed by atoms with E-state index in [0.717, 1.165) is 0 Å². The zero-order valence-corrected chi connectivity index (χ0v) is 15.1. The molecule has 0 aromatic heterocycles. The summed E-state index contributed by atoms with van der Waals surface area (Å²) in [6.07, 6.45) is 1.79. The summed E-state index contributed by atoms with van der Waals surface area (Å²) < 4.78 is 28.8. The van der Waals surface area contributed by atoms with E-state index in [0.29, 0.717) is 25.7 Å². The Hall–Kier alpha value is -1.76. The lowest BCUT2D eigenvalue weighted by Crippen LogP contribution is -2.04. The van der Waals surface area contributed by atoms with E-state index >= 15 is 0 Å². The maximum atomic E-state index is 10.7. The van der Waals surface area contributed by atoms with Crippen LogP contribution in [0.25, 0.3) is 10.8 Å². The van der Waals surface area contributed by atoms with Crippen molar-refractivity contribution in [3.05, 3.63) is 48.5 Å². The highest BCUT2D eigenvalue weighted by Crippen LogP contribution is 2.11. The highest BCUT2D eigenvalue weighted by atomic mass is 32.2. The Morgan fingerprint density at radius 3 is 1.71 bits per heavy atom. The fraction of sp³-hybridized carbons (Fsp3) is 0.389. The predicted molar refractivity (Wildman–Crippen MR) is 99.6 cm³/mol. The second kappa shape index (κ2) is 12.6. The van der Waals surface area contributed by atoms with E-state index in [-0.39, 0.29) is 11.5 Å². The van der Waals surface area contributed by atoms with Gasteiger partial charge in [0.15, 0.2) is 0 Å². The summed E-state index contributed by atoms with van der Waals surface area (Å²) in [6, 6.07) is 16.7. The third kappa shape index (κ3) is 10.9. The average molecular weight is 353 g/mol. The Morgan fingerprint density at radius 2 is 1.38 bits per heavy atom. The first kappa shape index (κ1) is 22.2. The number of carbonyl (C=O) groups is 1. The zero-order valence-electron chi connectivity index (χ0n) is 14.3. The van der Waals surface area contributed by atoms with Crippen molar-refractivity contribution in [1.29, 1.82) is 0 Å². The van der Waals surface area contributed by atoms with E-state index in [1.807, 2.05) is 0 Å². The van der Waals surface area contributed by atoms with Crippen molar-refractivity contribution in [2.24, 2.45) is 5.73 Å². The molecule has 2 aromatic rings. The molecule has 3 N–H and O–H groups in total.